The summed E-state index contributed by atoms with van der Waals surface area (Å²) < 4.78 is 26.0. The van der Waals surface area contributed by atoms with Crippen LogP contribution in [-0.4, -0.2) is 10.2 Å². The summed E-state index contributed by atoms with van der Waals surface area (Å²) in [4.78, 5) is 0. The Morgan fingerprint density at radius 1 is 1.27 bits per heavy atom. The molecule has 15 heavy (non-hydrogen) atoms. The molecule has 3 nitrogen and oxygen atoms in total. The second-order valence-corrected chi connectivity index (χ2v) is 3.33. The first kappa shape index (κ1) is 9.92. The highest BCUT2D eigenvalue weighted by atomic mass is 35.5. The molecular weight excluding hydrogens is 224 g/mol. The monoisotopic (exact) mass is 229 g/mol. The molecule has 0 saturated heterocycles. The first-order valence-corrected chi connectivity index (χ1v) is 4.41. The van der Waals surface area contributed by atoms with Gasteiger partial charge in [0.05, 0.1) is 10.7 Å². The second kappa shape index (κ2) is 3.51. The molecule has 1 aromatic heterocycles. The number of aromatic amines is 1. The van der Waals surface area contributed by atoms with Crippen LogP contribution in [0.1, 0.15) is 0 Å². The number of hydrogen-bond donors (Lipinski definition) is 2. The van der Waals surface area contributed by atoms with Crippen LogP contribution in [0.4, 0.5) is 14.6 Å². The van der Waals surface area contributed by atoms with E-state index in [1.807, 2.05) is 0 Å². The molecule has 3 N–H and O–H groups in total. The van der Waals surface area contributed by atoms with Crippen molar-refractivity contribution >= 4 is 17.4 Å². The average molecular weight is 230 g/mol. The third-order valence-corrected chi connectivity index (χ3v) is 2.26. The lowest BCUT2D eigenvalue weighted by Gasteiger charge is -2.02. The second-order valence-electron chi connectivity index (χ2n) is 2.96. The van der Waals surface area contributed by atoms with E-state index >= 15 is 0 Å². The SMILES string of the molecule is Nc1cc(-c2cc(F)cc(F)c2Cl)[nH]n1. The van der Waals surface area contributed by atoms with Gasteiger partial charge in [0.25, 0.3) is 0 Å². The van der Waals surface area contributed by atoms with Gasteiger partial charge in [-0.1, -0.05) is 11.6 Å². The minimum absolute atomic E-state index is 0.167. The quantitative estimate of drug-likeness (QED) is 0.739. The molecule has 2 aromatic rings. The van der Waals surface area contributed by atoms with Crippen LogP contribution in [-0.2, 0) is 0 Å². The molecule has 0 saturated carbocycles. The van der Waals surface area contributed by atoms with Crippen molar-refractivity contribution in [1.82, 2.24) is 10.2 Å². The van der Waals surface area contributed by atoms with Gasteiger partial charge >= 0.3 is 0 Å². The van der Waals surface area contributed by atoms with E-state index in [2.05, 4.69) is 10.2 Å². The normalized spacial score (nSPS) is 10.6. The summed E-state index contributed by atoms with van der Waals surface area (Å²) in [6.45, 7) is 0. The standard InChI is InChI=1S/C9H6ClF2N3/c10-9-5(1-4(11)2-6(9)12)7-3-8(13)15-14-7/h1-3H,(H3,13,14,15). The molecule has 0 aliphatic rings. The Morgan fingerprint density at radius 3 is 2.60 bits per heavy atom. The molecule has 0 spiro atoms. The van der Waals surface area contributed by atoms with Crippen LogP contribution in [0.25, 0.3) is 11.3 Å². The first-order valence-electron chi connectivity index (χ1n) is 4.03. The van der Waals surface area contributed by atoms with Crippen molar-refractivity contribution in [1.29, 1.82) is 0 Å². The number of H-pyrrole nitrogens is 1. The van der Waals surface area contributed by atoms with Crippen molar-refractivity contribution in [3.05, 3.63) is 34.9 Å². The third kappa shape index (κ3) is 1.78. The van der Waals surface area contributed by atoms with Crippen LogP contribution >= 0.6 is 11.6 Å². The zero-order chi connectivity index (χ0) is 11.0. The lowest BCUT2D eigenvalue weighted by molar-refractivity contribution is 0.584. The number of hydrogen-bond acceptors (Lipinski definition) is 2. The molecule has 0 fully saturated rings. The van der Waals surface area contributed by atoms with E-state index in [4.69, 9.17) is 17.3 Å². The summed E-state index contributed by atoms with van der Waals surface area (Å²) in [5, 5.41) is 6.00. The number of halogens is 3. The lowest BCUT2D eigenvalue weighted by atomic mass is 10.1. The molecule has 0 unspecified atom stereocenters. The molecule has 6 heteroatoms. The van der Waals surface area contributed by atoms with Crippen molar-refractivity contribution in [2.45, 2.75) is 0 Å². The Balaban J connectivity index is 2.62. The van der Waals surface area contributed by atoms with Crippen LogP contribution in [0.3, 0.4) is 0 Å². The smallest absolute Gasteiger partial charge is 0.145 e. The Morgan fingerprint density at radius 2 is 2.00 bits per heavy atom. The fourth-order valence-corrected chi connectivity index (χ4v) is 1.44. The van der Waals surface area contributed by atoms with Crippen molar-refractivity contribution in [3.63, 3.8) is 0 Å². The molecule has 0 amide bonds. The van der Waals surface area contributed by atoms with Crippen LogP contribution in [0.15, 0.2) is 18.2 Å². The third-order valence-electron chi connectivity index (χ3n) is 1.88. The molecule has 0 radical (unpaired) electrons. The minimum atomic E-state index is -0.820. The highest BCUT2D eigenvalue weighted by Crippen LogP contribution is 2.30. The summed E-state index contributed by atoms with van der Waals surface area (Å²) in [5.41, 5.74) is 5.93. The van der Waals surface area contributed by atoms with Crippen molar-refractivity contribution in [2.24, 2.45) is 0 Å². The van der Waals surface area contributed by atoms with Crippen molar-refractivity contribution < 1.29 is 8.78 Å². The number of nitrogens with zero attached hydrogens (tertiary/aromatic N) is 1. The lowest BCUT2D eigenvalue weighted by Crippen LogP contribution is -1.87. The Bertz CT molecular complexity index is 510. The minimum Gasteiger partial charge on any atom is -0.382 e. The number of benzene rings is 1. The van der Waals surface area contributed by atoms with Gasteiger partial charge in [-0.05, 0) is 6.07 Å². The van der Waals surface area contributed by atoms with Gasteiger partial charge in [0.2, 0.25) is 0 Å². The van der Waals surface area contributed by atoms with Crippen LogP contribution < -0.4 is 5.73 Å². The van der Waals surface area contributed by atoms with Gasteiger partial charge in [-0.2, -0.15) is 5.10 Å². The van der Waals surface area contributed by atoms with E-state index in [0.29, 0.717) is 11.8 Å². The maximum atomic E-state index is 13.1. The predicted octanol–water partition coefficient (Wildman–Crippen LogP) is 2.59. The zero-order valence-electron chi connectivity index (χ0n) is 7.39. The molecule has 1 heterocycles. The first-order chi connectivity index (χ1) is 7.08. The summed E-state index contributed by atoms with van der Waals surface area (Å²) in [6, 6.07) is 3.27. The Hall–Kier alpha value is -1.62. The van der Waals surface area contributed by atoms with E-state index in [0.717, 1.165) is 6.07 Å². The van der Waals surface area contributed by atoms with Crippen LogP contribution in [0, 0.1) is 11.6 Å². The Labute approximate surface area is 88.9 Å². The van der Waals surface area contributed by atoms with Crippen LogP contribution in [0.2, 0.25) is 5.02 Å². The van der Waals surface area contributed by atoms with E-state index in [1.165, 1.54) is 6.07 Å². The summed E-state index contributed by atoms with van der Waals surface area (Å²) in [5.74, 6) is -1.30. The molecule has 0 aliphatic heterocycles. The predicted molar refractivity (Wildman–Crippen MR) is 53.4 cm³/mol. The van der Waals surface area contributed by atoms with Gasteiger partial charge in [0, 0.05) is 17.7 Å². The number of rotatable bonds is 1. The van der Waals surface area contributed by atoms with E-state index in [-0.39, 0.29) is 16.4 Å². The van der Waals surface area contributed by atoms with E-state index in [9.17, 15) is 8.78 Å². The van der Waals surface area contributed by atoms with Crippen molar-refractivity contribution in [2.75, 3.05) is 5.73 Å². The summed E-state index contributed by atoms with van der Waals surface area (Å²) in [6.07, 6.45) is 0. The van der Waals surface area contributed by atoms with Gasteiger partial charge in [0.15, 0.2) is 0 Å². The van der Waals surface area contributed by atoms with Crippen molar-refractivity contribution in [3.8, 4) is 11.3 Å². The average Bonchev–Trinajstić information content (AvgIpc) is 2.58. The van der Waals surface area contributed by atoms with Gasteiger partial charge in [-0.15, -0.1) is 0 Å². The Kier molecular flexibility index (Phi) is 2.32. The highest BCUT2D eigenvalue weighted by molar-refractivity contribution is 6.33. The highest BCUT2D eigenvalue weighted by Gasteiger charge is 2.12. The van der Waals surface area contributed by atoms with Gasteiger partial charge in [0.1, 0.15) is 17.5 Å². The largest absolute Gasteiger partial charge is 0.382 e. The molecule has 78 valence electrons. The molecular formula is C9H6ClF2N3. The number of anilines is 1. The molecule has 1 aromatic carbocycles. The maximum Gasteiger partial charge on any atom is 0.145 e. The molecule has 0 aliphatic carbocycles. The molecule has 2 rings (SSSR count). The fourth-order valence-electron chi connectivity index (χ4n) is 1.23. The van der Waals surface area contributed by atoms with Gasteiger partial charge in [-0.3, -0.25) is 5.10 Å². The maximum absolute atomic E-state index is 13.1. The van der Waals surface area contributed by atoms with Crippen LogP contribution in [0.5, 0.6) is 0 Å². The molecule has 0 atom stereocenters. The molecule has 0 bridgehead atoms. The number of nitrogens with two attached hydrogens (primary N) is 1. The fraction of sp³-hybridized carbons (Fsp3) is 0. The van der Waals surface area contributed by atoms with E-state index in [1.54, 1.807) is 0 Å². The zero-order valence-corrected chi connectivity index (χ0v) is 8.15. The van der Waals surface area contributed by atoms with Gasteiger partial charge < -0.3 is 5.73 Å². The number of nitrogen functional groups attached to an aromatic ring is 1. The summed E-state index contributed by atoms with van der Waals surface area (Å²) in [7, 11) is 0. The number of nitrogens with one attached hydrogen (secondary N) is 1. The summed E-state index contributed by atoms with van der Waals surface area (Å²) >= 11 is 5.68. The van der Waals surface area contributed by atoms with Gasteiger partial charge in [-0.25, -0.2) is 8.78 Å². The van der Waals surface area contributed by atoms with E-state index < -0.39 is 11.6 Å². The number of aromatic nitrogens is 2. The topological polar surface area (TPSA) is 54.7 Å².